The molecular formula is C16H30O3. The van der Waals surface area contributed by atoms with Crippen LogP contribution in [0.15, 0.2) is 11.6 Å². The van der Waals surface area contributed by atoms with E-state index in [-0.39, 0.29) is 18.5 Å². The molecule has 3 heteroatoms. The second-order valence-electron chi connectivity index (χ2n) is 6.00. The highest BCUT2D eigenvalue weighted by atomic mass is 16.5. The number of allylic oxidation sites excluding steroid dienone is 1. The third kappa shape index (κ3) is 6.76. The van der Waals surface area contributed by atoms with Gasteiger partial charge in [-0.05, 0) is 43.9 Å². The van der Waals surface area contributed by atoms with E-state index in [1.807, 2.05) is 6.92 Å². The molecule has 0 radical (unpaired) electrons. The van der Waals surface area contributed by atoms with E-state index in [4.69, 9.17) is 4.74 Å². The van der Waals surface area contributed by atoms with Crippen molar-refractivity contribution < 1.29 is 14.6 Å². The predicted octanol–water partition coefficient (Wildman–Crippen LogP) is 3.42. The molecule has 1 N–H and O–H groups in total. The number of carbonyl (C=O) groups is 1. The minimum absolute atomic E-state index is 0.197. The SMILES string of the molecule is CC=C(C)C(=O)OCC(CC(CO)C(C)C)C(C)C. The number of ether oxygens (including phenoxy) is 1. The van der Waals surface area contributed by atoms with E-state index in [1.165, 1.54) is 0 Å². The van der Waals surface area contributed by atoms with E-state index in [0.717, 1.165) is 6.42 Å². The maximum absolute atomic E-state index is 11.7. The second kappa shape index (κ2) is 9.13. The summed E-state index contributed by atoms with van der Waals surface area (Å²) in [5, 5.41) is 9.41. The largest absolute Gasteiger partial charge is 0.462 e. The van der Waals surface area contributed by atoms with Crippen LogP contribution in [0.4, 0.5) is 0 Å². The molecular weight excluding hydrogens is 240 g/mol. The summed E-state index contributed by atoms with van der Waals surface area (Å²) in [5.74, 6) is 1.21. The maximum Gasteiger partial charge on any atom is 0.333 e. The standard InChI is InChI=1S/C16H30O3/c1-7-13(6)16(18)19-10-15(12(4)5)8-14(9-17)11(2)3/h7,11-12,14-15,17H,8-10H2,1-6H3. The molecule has 0 aliphatic carbocycles. The van der Waals surface area contributed by atoms with Crippen molar-refractivity contribution >= 4 is 5.97 Å². The van der Waals surface area contributed by atoms with Gasteiger partial charge in [0, 0.05) is 12.2 Å². The zero-order valence-electron chi connectivity index (χ0n) is 13.3. The molecule has 2 unspecified atom stereocenters. The molecule has 0 rings (SSSR count). The summed E-state index contributed by atoms with van der Waals surface area (Å²) < 4.78 is 5.35. The van der Waals surface area contributed by atoms with Crippen LogP contribution in [0.5, 0.6) is 0 Å². The van der Waals surface area contributed by atoms with Crippen LogP contribution in [0.2, 0.25) is 0 Å². The Hall–Kier alpha value is -0.830. The highest BCUT2D eigenvalue weighted by Gasteiger charge is 2.22. The zero-order chi connectivity index (χ0) is 15.0. The normalized spacial score (nSPS) is 15.7. The fourth-order valence-corrected chi connectivity index (χ4v) is 1.89. The molecule has 0 aromatic carbocycles. The van der Waals surface area contributed by atoms with Gasteiger partial charge in [-0.25, -0.2) is 4.79 Å². The Morgan fingerprint density at radius 2 is 1.68 bits per heavy atom. The van der Waals surface area contributed by atoms with Crippen molar-refractivity contribution in [3.8, 4) is 0 Å². The summed E-state index contributed by atoms with van der Waals surface area (Å²) in [6.45, 7) is 12.7. The Bertz CT molecular complexity index is 292. The van der Waals surface area contributed by atoms with Crippen LogP contribution in [-0.4, -0.2) is 24.3 Å². The van der Waals surface area contributed by atoms with Gasteiger partial charge >= 0.3 is 5.97 Å². The molecule has 19 heavy (non-hydrogen) atoms. The lowest BCUT2D eigenvalue weighted by Crippen LogP contribution is -2.25. The second-order valence-corrected chi connectivity index (χ2v) is 6.00. The number of hydrogen-bond donors (Lipinski definition) is 1. The number of esters is 1. The molecule has 0 fully saturated rings. The van der Waals surface area contributed by atoms with Crippen molar-refractivity contribution in [1.29, 1.82) is 0 Å². The molecule has 0 heterocycles. The lowest BCUT2D eigenvalue weighted by atomic mass is 9.82. The van der Waals surface area contributed by atoms with E-state index in [0.29, 0.717) is 29.9 Å². The maximum atomic E-state index is 11.7. The minimum atomic E-state index is -0.238. The van der Waals surface area contributed by atoms with Crippen LogP contribution in [-0.2, 0) is 9.53 Å². The fraction of sp³-hybridized carbons (Fsp3) is 0.812. The summed E-state index contributed by atoms with van der Waals surface area (Å²) in [4.78, 5) is 11.7. The van der Waals surface area contributed by atoms with Gasteiger partial charge in [0.2, 0.25) is 0 Å². The van der Waals surface area contributed by atoms with Crippen LogP contribution in [0.25, 0.3) is 0 Å². The number of carbonyl (C=O) groups excluding carboxylic acids is 1. The predicted molar refractivity (Wildman–Crippen MR) is 78.7 cm³/mol. The molecule has 0 saturated heterocycles. The molecule has 0 aliphatic heterocycles. The third-order valence-electron chi connectivity index (χ3n) is 3.91. The Kier molecular flexibility index (Phi) is 8.73. The van der Waals surface area contributed by atoms with Crippen LogP contribution in [0.1, 0.15) is 48.0 Å². The molecule has 0 bridgehead atoms. The fourth-order valence-electron chi connectivity index (χ4n) is 1.89. The van der Waals surface area contributed by atoms with Crippen LogP contribution < -0.4 is 0 Å². The molecule has 0 spiro atoms. The number of hydrogen-bond acceptors (Lipinski definition) is 3. The first-order chi connectivity index (χ1) is 8.83. The van der Waals surface area contributed by atoms with Crippen molar-refractivity contribution in [3.63, 3.8) is 0 Å². The summed E-state index contributed by atoms with van der Waals surface area (Å²) >= 11 is 0. The Labute approximate surface area is 118 Å². The molecule has 0 amide bonds. The number of aliphatic hydroxyl groups is 1. The Balaban J connectivity index is 4.46. The van der Waals surface area contributed by atoms with E-state index in [2.05, 4.69) is 27.7 Å². The Morgan fingerprint density at radius 1 is 1.16 bits per heavy atom. The van der Waals surface area contributed by atoms with Gasteiger partial charge in [-0.3, -0.25) is 0 Å². The average Bonchev–Trinajstić information content (AvgIpc) is 2.36. The molecule has 2 atom stereocenters. The van der Waals surface area contributed by atoms with Gasteiger partial charge < -0.3 is 9.84 Å². The van der Waals surface area contributed by atoms with Crippen molar-refractivity contribution in [2.75, 3.05) is 13.2 Å². The van der Waals surface area contributed by atoms with Crippen molar-refractivity contribution in [2.24, 2.45) is 23.7 Å². The van der Waals surface area contributed by atoms with Crippen LogP contribution in [0.3, 0.4) is 0 Å². The topological polar surface area (TPSA) is 46.5 Å². The summed E-state index contributed by atoms with van der Waals surface area (Å²) in [6.07, 6.45) is 2.66. The first kappa shape index (κ1) is 18.2. The van der Waals surface area contributed by atoms with Gasteiger partial charge in [0.1, 0.15) is 0 Å². The average molecular weight is 270 g/mol. The molecule has 0 aromatic rings. The molecule has 0 aromatic heterocycles. The van der Waals surface area contributed by atoms with E-state index >= 15 is 0 Å². The van der Waals surface area contributed by atoms with Crippen LogP contribution in [0, 0.1) is 23.7 Å². The van der Waals surface area contributed by atoms with Crippen molar-refractivity contribution in [1.82, 2.24) is 0 Å². The highest BCUT2D eigenvalue weighted by molar-refractivity contribution is 5.87. The molecule has 0 aliphatic rings. The molecule has 3 nitrogen and oxygen atoms in total. The van der Waals surface area contributed by atoms with Gasteiger partial charge in [-0.15, -0.1) is 0 Å². The van der Waals surface area contributed by atoms with Gasteiger partial charge in [0.25, 0.3) is 0 Å². The summed E-state index contributed by atoms with van der Waals surface area (Å²) in [5.41, 5.74) is 0.644. The molecule has 112 valence electrons. The first-order valence-corrected chi connectivity index (χ1v) is 7.24. The van der Waals surface area contributed by atoms with Crippen LogP contribution >= 0.6 is 0 Å². The minimum Gasteiger partial charge on any atom is -0.462 e. The smallest absolute Gasteiger partial charge is 0.333 e. The lowest BCUT2D eigenvalue weighted by molar-refractivity contribution is -0.141. The van der Waals surface area contributed by atoms with E-state index in [9.17, 15) is 9.90 Å². The highest BCUT2D eigenvalue weighted by Crippen LogP contribution is 2.25. The van der Waals surface area contributed by atoms with Gasteiger partial charge in [0.05, 0.1) is 6.61 Å². The first-order valence-electron chi connectivity index (χ1n) is 7.24. The van der Waals surface area contributed by atoms with Crippen molar-refractivity contribution in [3.05, 3.63) is 11.6 Å². The van der Waals surface area contributed by atoms with E-state index in [1.54, 1.807) is 13.0 Å². The van der Waals surface area contributed by atoms with Gasteiger partial charge in [0.15, 0.2) is 0 Å². The number of rotatable bonds is 8. The quantitative estimate of drug-likeness (QED) is 0.543. The summed E-state index contributed by atoms with van der Waals surface area (Å²) in [6, 6.07) is 0. The number of aliphatic hydroxyl groups excluding tert-OH is 1. The van der Waals surface area contributed by atoms with Gasteiger partial charge in [-0.1, -0.05) is 33.8 Å². The Morgan fingerprint density at radius 3 is 2.05 bits per heavy atom. The zero-order valence-corrected chi connectivity index (χ0v) is 13.3. The van der Waals surface area contributed by atoms with Gasteiger partial charge in [-0.2, -0.15) is 0 Å². The van der Waals surface area contributed by atoms with E-state index < -0.39 is 0 Å². The lowest BCUT2D eigenvalue weighted by Gasteiger charge is -2.27. The third-order valence-corrected chi connectivity index (χ3v) is 3.91. The monoisotopic (exact) mass is 270 g/mol. The van der Waals surface area contributed by atoms with Crippen molar-refractivity contribution in [2.45, 2.75) is 48.0 Å². The molecule has 0 saturated carbocycles. The summed E-state index contributed by atoms with van der Waals surface area (Å²) in [7, 11) is 0.